The lowest BCUT2D eigenvalue weighted by Crippen LogP contribution is -2.56. The van der Waals surface area contributed by atoms with Gasteiger partial charge in [-0.15, -0.1) is 0 Å². The van der Waals surface area contributed by atoms with Crippen LogP contribution in [0.15, 0.2) is 0 Å². The fraction of sp³-hybridized carbons (Fsp3) is 0.833. The number of aliphatic hydroxyl groups excluding tert-OH is 1. The summed E-state index contributed by atoms with van der Waals surface area (Å²) in [6, 6.07) is 0. The monoisotopic (exact) mass is 227 g/mol. The van der Waals surface area contributed by atoms with Crippen molar-refractivity contribution >= 4 is 11.8 Å². The molecule has 0 spiro atoms. The predicted octanol–water partition coefficient (Wildman–Crippen LogP) is 1.32. The van der Waals surface area contributed by atoms with Gasteiger partial charge in [-0.25, -0.2) is 0 Å². The van der Waals surface area contributed by atoms with Crippen LogP contribution in [0.2, 0.25) is 0 Å². The molecule has 1 heterocycles. The number of rotatable bonds is 3. The maximum absolute atomic E-state index is 12.0. The highest BCUT2D eigenvalue weighted by molar-refractivity contribution is 5.99. The van der Waals surface area contributed by atoms with Crippen molar-refractivity contribution in [3.8, 4) is 0 Å². The van der Waals surface area contributed by atoms with Crippen LogP contribution in [0.25, 0.3) is 0 Å². The van der Waals surface area contributed by atoms with Crippen molar-refractivity contribution in [3.63, 3.8) is 0 Å². The van der Waals surface area contributed by atoms with E-state index in [1.165, 1.54) is 4.90 Å². The van der Waals surface area contributed by atoms with Crippen molar-refractivity contribution in [2.75, 3.05) is 6.61 Å². The van der Waals surface area contributed by atoms with E-state index in [-0.39, 0.29) is 23.8 Å². The Morgan fingerprint density at radius 2 is 1.69 bits per heavy atom. The molecule has 1 fully saturated rings. The Morgan fingerprint density at radius 3 is 2.06 bits per heavy atom. The van der Waals surface area contributed by atoms with Gasteiger partial charge in [0.1, 0.15) is 0 Å². The Hall–Kier alpha value is -0.900. The normalized spacial score (nSPS) is 21.4. The maximum atomic E-state index is 12.0. The van der Waals surface area contributed by atoms with E-state index < -0.39 is 5.54 Å². The molecule has 0 aliphatic carbocycles. The molecule has 0 aromatic rings. The van der Waals surface area contributed by atoms with Gasteiger partial charge in [0.25, 0.3) is 0 Å². The van der Waals surface area contributed by atoms with Crippen LogP contribution in [0.3, 0.4) is 0 Å². The molecule has 0 radical (unpaired) electrons. The smallest absolute Gasteiger partial charge is 0.230 e. The third kappa shape index (κ3) is 2.61. The minimum atomic E-state index is -0.584. The van der Waals surface area contributed by atoms with E-state index in [1.54, 1.807) is 0 Å². The summed E-state index contributed by atoms with van der Waals surface area (Å²) in [6.45, 7) is 7.47. The molecule has 0 bridgehead atoms. The van der Waals surface area contributed by atoms with Crippen LogP contribution < -0.4 is 0 Å². The molecular weight excluding hydrogens is 206 g/mol. The van der Waals surface area contributed by atoms with Crippen molar-refractivity contribution in [2.45, 2.75) is 52.5 Å². The Balaban J connectivity index is 2.90. The van der Waals surface area contributed by atoms with Gasteiger partial charge in [-0.05, 0) is 25.7 Å². The molecule has 0 saturated carbocycles. The van der Waals surface area contributed by atoms with E-state index in [2.05, 4.69) is 0 Å². The number of aliphatic hydroxyl groups is 1. The van der Waals surface area contributed by atoms with Crippen LogP contribution in [0, 0.1) is 5.41 Å². The van der Waals surface area contributed by atoms with Crippen LogP contribution in [0.1, 0.15) is 47.0 Å². The van der Waals surface area contributed by atoms with Crippen molar-refractivity contribution in [1.29, 1.82) is 0 Å². The fourth-order valence-corrected chi connectivity index (χ4v) is 2.24. The molecule has 0 atom stereocenters. The highest BCUT2D eigenvalue weighted by Crippen LogP contribution is 2.35. The van der Waals surface area contributed by atoms with Crippen molar-refractivity contribution < 1.29 is 14.7 Å². The average molecular weight is 227 g/mol. The van der Waals surface area contributed by atoms with Gasteiger partial charge in [-0.1, -0.05) is 13.8 Å². The van der Waals surface area contributed by atoms with Crippen LogP contribution in [-0.4, -0.2) is 34.0 Å². The van der Waals surface area contributed by atoms with E-state index in [1.807, 2.05) is 27.7 Å². The number of carbonyl (C=O) groups is 2. The molecular formula is C12H21NO3. The summed E-state index contributed by atoms with van der Waals surface area (Å²) in [6.07, 6.45) is 1.21. The number of hydrogen-bond donors (Lipinski definition) is 1. The quantitative estimate of drug-likeness (QED) is 0.740. The first-order valence-electron chi connectivity index (χ1n) is 5.66. The second kappa shape index (κ2) is 4.17. The molecule has 0 aromatic heterocycles. The lowest BCUT2D eigenvalue weighted by Gasteiger charge is -2.43. The fourth-order valence-electron chi connectivity index (χ4n) is 2.24. The number of hydrogen-bond acceptors (Lipinski definition) is 3. The largest absolute Gasteiger partial charge is 0.396 e. The molecule has 0 unspecified atom stereocenters. The third-order valence-corrected chi connectivity index (χ3v) is 3.09. The first kappa shape index (κ1) is 13.2. The number of likely N-dealkylation sites (tertiary alicyclic amines) is 1. The summed E-state index contributed by atoms with van der Waals surface area (Å²) in [4.78, 5) is 25.3. The first-order valence-corrected chi connectivity index (χ1v) is 5.66. The standard InChI is InChI=1S/C12H21NO3/c1-11(2)7-9(15)13(10(16)8-11)12(3,4)5-6-14/h14H,5-8H2,1-4H3. The third-order valence-electron chi connectivity index (χ3n) is 3.09. The number of imide groups is 1. The van der Waals surface area contributed by atoms with Crippen molar-refractivity contribution in [3.05, 3.63) is 0 Å². The second-order valence-electron chi connectivity index (χ2n) is 5.93. The highest BCUT2D eigenvalue weighted by atomic mass is 16.3. The topological polar surface area (TPSA) is 57.6 Å². The molecule has 4 nitrogen and oxygen atoms in total. The van der Waals surface area contributed by atoms with Gasteiger partial charge in [-0.3, -0.25) is 14.5 Å². The van der Waals surface area contributed by atoms with Gasteiger partial charge in [0, 0.05) is 25.0 Å². The van der Waals surface area contributed by atoms with Gasteiger partial charge in [-0.2, -0.15) is 0 Å². The summed E-state index contributed by atoms with van der Waals surface area (Å²) in [5.41, 5.74) is -0.820. The van der Waals surface area contributed by atoms with Crippen LogP contribution in [0.5, 0.6) is 0 Å². The van der Waals surface area contributed by atoms with Gasteiger partial charge >= 0.3 is 0 Å². The number of amides is 2. The van der Waals surface area contributed by atoms with E-state index in [0.29, 0.717) is 19.3 Å². The van der Waals surface area contributed by atoms with Crippen LogP contribution in [-0.2, 0) is 9.59 Å². The molecule has 0 aromatic carbocycles. The SMILES string of the molecule is CC1(C)CC(=O)N(C(C)(C)CCO)C(=O)C1. The Kier molecular flexibility index (Phi) is 3.43. The number of piperidine rings is 1. The minimum absolute atomic E-state index is 0.0204. The van der Waals surface area contributed by atoms with Gasteiger partial charge in [0.15, 0.2) is 0 Å². The summed E-state index contributed by atoms with van der Waals surface area (Å²) in [5, 5.41) is 8.96. The molecule has 1 saturated heterocycles. The zero-order valence-corrected chi connectivity index (χ0v) is 10.5. The zero-order chi connectivity index (χ0) is 12.6. The second-order valence-corrected chi connectivity index (χ2v) is 5.93. The molecule has 92 valence electrons. The molecule has 1 aliphatic heterocycles. The summed E-state index contributed by atoms with van der Waals surface area (Å²) in [5.74, 6) is -0.251. The van der Waals surface area contributed by atoms with Gasteiger partial charge in [0.05, 0.1) is 0 Å². The van der Waals surface area contributed by atoms with Crippen molar-refractivity contribution in [1.82, 2.24) is 4.90 Å². The van der Waals surface area contributed by atoms with E-state index >= 15 is 0 Å². The Morgan fingerprint density at radius 1 is 1.25 bits per heavy atom. The Bertz CT molecular complexity index is 287. The molecule has 4 heteroatoms. The summed E-state index contributed by atoms with van der Waals surface area (Å²) < 4.78 is 0. The van der Waals surface area contributed by atoms with E-state index in [4.69, 9.17) is 5.11 Å². The summed E-state index contributed by atoms with van der Waals surface area (Å²) in [7, 11) is 0. The number of nitrogens with zero attached hydrogens (tertiary/aromatic N) is 1. The summed E-state index contributed by atoms with van der Waals surface area (Å²) >= 11 is 0. The lowest BCUT2D eigenvalue weighted by atomic mass is 9.80. The van der Waals surface area contributed by atoms with Crippen LogP contribution >= 0.6 is 0 Å². The minimum Gasteiger partial charge on any atom is -0.396 e. The molecule has 16 heavy (non-hydrogen) atoms. The predicted molar refractivity (Wildman–Crippen MR) is 60.6 cm³/mol. The van der Waals surface area contributed by atoms with Gasteiger partial charge < -0.3 is 5.11 Å². The molecule has 1 aliphatic rings. The van der Waals surface area contributed by atoms with E-state index in [9.17, 15) is 9.59 Å². The molecule has 1 N–H and O–H groups in total. The van der Waals surface area contributed by atoms with Crippen LogP contribution in [0.4, 0.5) is 0 Å². The van der Waals surface area contributed by atoms with Crippen molar-refractivity contribution in [2.24, 2.45) is 5.41 Å². The molecule has 1 rings (SSSR count). The Labute approximate surface area is 96.6 Å². The highest BCUT2D eigenvalue weighted by Gasteiger charge is 2.43. The maximum Gasteiger partial charge on any atom is 0.230 e. The average Bonchev–Trinajstić information content (AvgIpc) is 1.97. The first-order chi connectivity index (χ1) is 7.19. The van der Waals surface area contributed by atoms with Gasteiger partial charge in [0.2, 0.25) is 11.8 Å². The molecule has 2 amide bonds. The number of carbonyl (C=O) groups excluding carboxylic acids is 2. The van der Waals surface area contributed by atoms with E-state index in [0.717, 1.165) is 0 Å². The lowest BCUT2D eigenvalue weighted by molar-refractivity contribution is -0.159. The zero-order valence-electron chi connectivity index (χ0n) is 10.5.